The molecule has 1 aromatic rings. The van der Waals surface area contributed by atoms with Gasteiger partial charge >= 0.3 is 5.97 Å². The summed E-state index contributed by atoms with van der Waals surface area (Å²) in [7, 11) is 0. The first kappa shape index (κ1) is 13.0. The van der Waals surface area contributed by atoms with Gasteiger partial charge in [-0.2, -0.15) is 0 Å². The summed E-state index contributed by atoms with van der Waals surface area (Å²) in [6.07, 6.45) is -1.46. The van der Waals surface area contributed by atoms with Crippen molar-refractivity contribution in [3.05, 3.63) is 27.7 Å². The van der Waals surface area contributed by atoms with Crippen LogP contribution in [0.25, 0.3) is 0 Å². The molecule has 0 aromatic heterocycles. The van der Waals surface area contributed by atoms with Gasteiger partial charge in [0.25, 0.3) is 0 Å². The fraction of sp³-hybridized carbons (Fsp3) is 0.364. The molecule has 0 radical (unpaired) electrons. The van der Waals surface area contributed by atoms with Gasteiger partial charge in [-0.1, -0.05) is 15.9 Å². The van der Waals surface area contributed by atoms with E-state index in [4.69, 9.17) is 4.74 Å². The van der Waals surface area contributed by atoms with Crippen molar-refractivity contribution < 1.29 is 19.7 Å². The minimum Gasteiger partial charge on any atom is -0.508 e. The van der Waals surface area contributed by atoms with Crippen molar-refractivity contribution in [1.82, 2.24) is 0 Å². The topological polar surface area (TPSA) is 66.8 Å². The molecule has 5 heteroatoms. The normalized spacial score (nSPS) is 12.2. The third-order valence-electron chi connectivity index (χ3n) is 2.21. The summed E-state index contributed by atoms with van der Waals surface area (Å²) >= 11 is 3.26. The molecule has 88 valence electrons. The molecular weight excluding hydrogens is 276 g/mol. The number of benzene rings is 1. The zero-order valence-electron chi connectivity index (χ0n) is 9.03. The molecule has 0 saturated carbocycles. The Morgan fingerprint density at radius 2 is 2.19 bits per heavy atom. The van der Waals surface area contributed by atoms with Crippen LogP contribution < -0.4 is 0 Å². The van der Waals surface area contributed by atoms with Crippen LogP contribution >= 0.6 is 15.9 Å². The highest BCUT2D eigenvalue weighted by atomic mass is 79.9. The molecule has 0 aliphatic rings. The number of ether oxygens (including phenoxy) is 1. The maximum absolute atomic E-state index is 11.4. The predicted molar refractivity (Wildman–Crippen MR) is 62.1 cm³/mol. The summed E-state index contributed by atoms with van der Waals surface area (Å²) in [6.45, 7) is 3.53. The standard InChI is InChI=1S/C11H13BrO4/c1-3-16-11(15)10(14)9-6(2)7(12)4-5-8(9)13/h4-5,10,13-14H,3H2,1-2H3. The third-order valence-corrected chi connectivity index (χ3v) is 3.07. The second-order valence-corrected chi connectivity index (χ2v) is 4.11. The van der Waals surface area contributed by atoms with Crippen LogP contribution in [0, 0.1) is 6.92 Å². The lowest BCUT2D eigenvalue weighted by atomic mass is 10.0. The lowest BCUT2D eigenvalue weighted by molar-refractivity contribution is -0.153. The Balaban J connectivity index is 3.12. The molecule has 2 N–H and O–H groups in total. The number of esters is 1. The van der Waals surface area contributed by atoms with Gasteiger partial charge in [0, 0.05) is 10.0 Å². The van der Waals surface area contributed by atoms with Crippen LogP contribution in [0.3, 0.4) is 0 Å². The van der Waals surface area contributed by atoms with Crippen LogP contribution in [0.2, 0.25) is 0 Å². The van der Waals surface area contributed by atoms with Crippen molar-refractivity contribution in [3.8, 4) is 5.75 Å². The number of hydrogen-bond acceptors (Lipinski definition) is 4. The molecule has 0 heterocycles. The number of halogens is 1. The Morgan fingerprint density at radius 1 is 1.56 bits per heavy atom. The zero-order valence-corrected chi connectivity index (χ0v) is 10.6. The van der Waals surface area contributed by atoms with Gasteiger partial charge in [0.05, 0.1) is 6.61 Å². The summed E-state index contributed by atoms with van der Waals surface area (Å²) < 4.78 is 5.40. The smallest absolute Gasteiger partial charge is 0.339 e. The number of rotatable bonds is 3. The lowest BCUT2D eigenvalue weighted by Gasteiger charge is -2.15. The highest BCUT2D eigenvalue weighted by molar-refractivity contribution is 9.10. The van der Waals surface area contributed by atoms with Crippen molar-refractivity contribution >= 4 is 21.9 Å². The van der Waals surface area contributed by atoms with Gasteiger partial charge in [-0.25, -0.2) is 4.79 Å². The number of hydrogen-bond donors (Lipinski definition) is 2. The molecule has 1 rings (SSSR count). The molecule has 4 nitrogen and oxygen atoms in total. The van der Waals surface area contributed by atoms with Gasteiger partial charge in [-0.15, -0.1) is 0 Å². The van der Waals surface area contributed by atoms with E-state index in [1.807, 2.05) is 0 Å². The van der Waals surface area contributed by atoms with Gasteiger partial charge in [0.2, 0.25) is 0 Å². The molecule has 0 spiro atoms. The van der Waals surface area contributed by atoms with Crippen molar-refractivity contribution in [2.45, 2.75) is 20.0 Å². The van der Waals surface area contributed by atoms with Crippen LogP contribution in [-0.2, 0) is 9.53 Å². The summed E-state index contributed by atoms with van der Waals surface area (Å²) in [4.78, 5) is 11.4. The SMILES string of the molecule is CCOC(=O)C(O)c1c(O)ccc(Br)c1C. The van der Waals surface area contributed by atoms with Gasteiger partial charge < -0.3 is 14.9 Å². The van der Waals surface area contributed by atoms with Crippen molar-refractivity contribution in [1.29, 1.82) is 0 Å². The first-order valence-electron chi connectivity index (χ1n) is 4.81. The Labute approximate surface area is 102 Å². The molecule has 1 unspecified atom stereocenters. The van der Waals surface area contributed by atoms with Crippen LogP contribution in [0.5, 0.6) is 5.75 Å². The largest absolute Gasteiger partial charge is 0.508 e. The molecule has 1 atom stereocenters. The minimum atomic E-state index is -1.46. The zero-order chi connectivity index (χ0) is 12.3. The number of aromatic hydroxyl groups is 1. The second kappa shape index (κ2) is 5.32. The number of phenols is 1. The third kappa shape index (κ3) is 2.54. The van der Waals surface area contributed by atoms with Gasteiger partial charge in [0.1, 0.15) is 5.75 Å². The Bertz CT molecular complexity index is 403. The maximum Gasteiger partial charge on any atom is 0.339 e. The van der Waals surface area contributed by atoms with Crippen LogP contribution in [0.15, 0.2) is 16.6 Å². The average Bonchev–Trinajstić information content (AvgIpc) is 2.24. The predicted octanol–water partition coefficient (Wildman–Crippen LogP) is 2.06. The van der Waals surface area contributed by atoms with E-state index >= 15 is 0 Å². The fourth-order valence-electron chi connectivity index (χ4n) is 1.37. The minimum absolute atomic E-state index is 0.124. The van der Waals surface area contributed by atoms with Gasteiger partial charge in [-0.3, -0.25) is 0 Å². The first-order chi connectivity index (χ1) is 7.49. The summed E-state index contributed by atoms with van der Waals surface area (Å²) in [5.41, 5.74) is 0.786. The number of carbonyl (C=O) groups is 1. The molecule has 16 heavy (non-hydrogen) atoms. The molecule has 1 aromatic carbocycles. The molecule has 0 aliphatic carbocycles. The molecule has 0 amide bonds. The van der Waals surface area contributed by atoms with E-state index < -0.39 is 12.1 Å². The number of phenolic OH excluding ortho intramolecular Hbond substituents is 1. The molecule has 0 fully saturated rings. The van der Waals surface area contributed by atoms with E-state index in [1.165, 1.54) is 6.07 Å². The highest BCUT2D eigenvalue weighted by Gasteiger charge is 2.24. The van der Waals surface area contributed by atoms with E-state index in [0.717, 1.165) is 0 Å². The second-order valence-electron chi connectivity index (χ2n) is 3.26. The van der Waals surface area contributed by atoms with E-state index in [1.54, 1.807) is 19.9 Å². The van der Waals surface area contributed by atoms with Crippen molar-refractivity contribution in [2.24, 2.45) is 0 Å². The number of aliphatic hydroxyl groups is 1. The van der Waals surface area contributed by atoms with Crippen LogP contribution in [0.4, 0.5) is 0 Å². The molecular formula is C11H13BrO4. The first-order valence-corrected chi connectivity index (χ1v) is 5.61. The Morgan fingerprint density at radius 3 is 2.75 bits per heavy atom. The molecule has 0 aliphatic heterocycles. The number of aliphatic hydroxyl groups excluding tert-OH is 1. The number of carbonyl (C=O) groups excluding carboxylic acids is 1. The molecule has 0 bridgehead atoms. The van der Waals surface area contributed by atoms with Gasteiger partial charge in [-0.05, 0) is 31.5 Å². The maximum atomic E-state index is 11.4. The van der Waals surface area contributed by atoms with E-state index in [2.05, 4.69) is 15.9 Å². The fourth-order valence-corrected chi connectivity index (χ4v) is 1.72. The van der Waals surface area contributed by atoms with E-state index in [-0.39, 0.29) is 17.9 Å². The monoisotopic (exact) mass is 288 g/mol. The Hall–Kier alpha value is -1.07. The summed E-state index contributed by atoms with van der Waals surface area (Å²) in [5.74, 6) is -0.889. The van der Waals surface area contributed by atoms with E-state index in [9.17, 15) is 15.0 Å². The van der Waals surface area contributed by atoms with Crippen LogP contribution in [0.1, 0.15) is 24.2 Å². The lowest BCUT2D eigenvalue weighted by Crippen LogP contribution is -2.16. The van der Waals surface area contributed by atoms with Gasteiger partial charge in [0.15, 0.2) is 6.10 Å². The van der Waals surface area contributed by atoms with E-state index in [0.29, 0.717) is 10.0 Å². The highest BCUT2D eigenvalue weighted by Crippen LogP contribution is 2.32. The van der Waals surface area contributed by atoms with Crippen molar-refractivity contribution in [3.63, 3.8) is 0 Å². The average molecular weight is 289 g/mol. The Kier molecular flexibility index (Phi) is 4.32. The van der Waals surface area contributed by atoms with Crippen LogP contribution in [-0.4, -0.2) is 22.8 Å². The van der Waals surface area contributed by atoms with Crippen molar-refractivity contribution in [2.75, 3.05) is 6.61 Å². The summed E-state index contributed by atoms with van der Waals surface area (Å²) in [6, 6.07) is 3.06. The quantitative estimate of drug-likeness (QED) is 0.836. The molecule has 0 saturated heterocycles. The summed E-state index contributed by atoms with van der Waals surface area (Å²) in [5, 5.41) is 19.4.